The van der Waals surface area contributed by atoms with Gasteiger partial charge >= 0.3 is 0 Å². The second-order valence-electron chi connectivity index (χ2n) is 3.60. The maximum atomic E-state index is 11.9. The highest BCUT2D eigenvalue weighted by Crippen LogP contribution is 2.19. The first-order valence-electron chi connectivity index (χ1n) is 5.49. The van der Waals surface area contributed by atoms with Gasteiger partial charge in [0.2, 0.25) is 10.0 Å². The average molecular weight is 285 g/mol. The Morgan fingerprint density at radius 1 is 1.42 bits per heavy atom. The van der Waals surface area contributed by atoms with E-state index in [1.165, 1.54) is 18.2 Å². The van der Waals surface area contributed by atoms with Gasteiger partial charge in [0.05, 0.1) is 37.1 Å². The van der Waals surface area contributed by atoms with Gasteiger partial charge < -0.3 is 15.6 Å². The van der Waals surface area contributed by atoms with E-state index in [1.807, 2.05) is 6.07 Å². The highest BCUT2D eigenvalue weighted by Gasteiger charge is 2.16. The number of rotatable bonds is 7. The fourth-order valence-electron chi connectivity index (χ4n) is 1.36. The fourth-order valence-corrected chi connectivity index (χ4v) is 2.48. The number of ether oxygens (including phenoxy) is 1. The molecule has 0 bridgehead atoms. The molecule has 0 unspecified atom stereocenters. The molecule has 1 rings (SSSR count). The molecule has 0 spiro atoms. The number of hydrogen-bond acceptors (Lipinski definition) is 6. The minimum atomic E-state index is -3.73. The molecule has 1 aromatic carbocycles. The Hall–Kier alpha value is -1.66. The van der Waals surface area contributed by atoms with Crippen LogP contribution < -0.4 is 10.5 Å². The van der Waals surface area contributed by atoms with Gasteiger partial charge in [-0.2, -0.15) is 5.26 Å². The largest absolute Gasteiger partial charge is 0.398 e. The van der Waals surface area contributed by atoms with E-state index in [0.717, 1.165) is 0 Å². The molecule has 1 aromatic rings. The van der Waals surface area contributed by atoms with Crippen LogP contribution in [0.3, 0.4) is 0 Å². The third kappa shape index (κ3) is 4.50. The van der Waals surface area contributed by atoms with Crippen molar-refractivity contribution in [1.29, 1.82) is 5.26 Å². The van der Waals surface area contributed by atoms with Gasteiger partial charge in [0.1, 0.15) is 4.90 Å². The van der Waals surface area contributed by atoms with Gasteiger partial charge in [-0.05, 0) is 18.2 Å². The second-order valence-corrected chi connectivity index (χ2v) is 5.33. The van der Waals surface area contributed by atoms with Crippen LogP contribution in [0.4, 0.5) is 5.69 Å². The predicted molar refractivity (Wildman–Crippen MR) is 68.7 cm³/mol. The zero-order valence-corrected chi connectivity index (χ0v) is 11.0. The zero-order valence-electron chi connectivity index (χ0n) is 10.2. The number of nitrogen functional groups attached to an aromatic ring is 1. The first kappa shape index (κ1) is 15.4. The van der Waals surface area contributed by atoms with Crippen LogP contribution in [0, 0.1) is 11.3 Å². The second kappa shape index (κ2) is 7.06. The molecule has 0 amide bonds. The SMILES string of the molecule is N#Cc1ccc(S(=O)(=O)NCCOCCO)c(N)c1. The smallest absolute Gasteiger partial charge is 0.242 e. The van der Waals surface area contributed by atoms with Crippen LogP contribution in [0.15, 0.2) is 23.1 Å². The summed E-state index contributed by atoms with van der Waals surface area (Å²) in [6.07, 6.45) is 0. The lowest BCUT2D eigenvalue weighted by atomic mass is 10.2. The first-order chi connectivity index (χ1) is 9.01. The number of nitrogens with zero attached hydrogens (tertiary/aromatic N) is 1. The Bertz CT molecular complexity index is 566. The van der Waals surface area contributed by atoms with Gasteiger partial charge in [-0.25, -0.2) is 13.1 Å². The van der Waals surface area contributed by atoms with E-state index in [-0.39, 0.29) is 36.9 Å². The van der Waals surface area contributed by atoms with E-state index in [0.29, 0.717) is 5.56 Å². The standard InChI is InChI=1S/C11H15N3O4S/c12-8-9-1-2-11(10(13)7-9)19(16,17)14-3-5-18-6-4-15/h1-2,7,14-15H,3-6,13H2. The molecule has 7 nitrogen and oxygen atoms in total. The van der Waals surface area contributed by atoms with E-state index in [9.17, 15) is 8.42 Å². The van der Waals surface area contributed by atoms with Crippen molar-refractivity contribution in [3.63, 3.8) is 0 Å². The lowest BCUT2D eigenvalue weighted by Crippen LogP contribution is -2.28. The highest BCUT2D eigenvalue weighted by atomic mass is 32.2. The molecule has 8 heteroatoms. The molecule has 0 aromatic heterocycles. The van der Waals surface area contributed by atoms with Crippen molar-refractivity contribution in [3.05, 3.63) is 23.8 Å². The first-order valence-corrected chi connectivity index (χ1v) is 6.97. The van der Waals surface area contributed by atoms with Crippen LogP contribution in [-0.2, 0) is 14.8 Å². The Balaban J connectivity index is 2.70. The van der Waals surface area contributed by atoms with E-state index in [1.54, 1.807) is 0 Å². The zero-order chi connectivity index (χ0) is 14.3. The molecule has 0 saturated heterocycles. The molecule has 4 N–H and O–H groups in total. The Kier molecular flexibility index (Phi) is 5.72. The van der Waals surface area contributed by atoms with Gasteiger partial charge in [0.25, 0.3) is 0 Å². The van der Waals surface area contributed by atoms with Crippen molar-refractivity contribution >= 4 is 15.7 Å². The summed E-state index contributed by atoms with van der Waals surface area (Å²) in [5.41, 5.74) is 5.91. The Labute approximate surface area is 111 Å². The van der Waals surface area contributed by atoms with Crippen molar-refractivity contribution in [2.75, 3.05) is 32.1 Å². The summed E-state index contributed by atoms with van der Waals surface area (Å²) in [4.78, 5) is -0.0753. The molecule has 0 radical (unpaired) electrons. The summed E-state index contributed by atoms with van der Waals surface area (Å²) in [5, 5.41) is 17.2. The quantitative estimate of drug-likeness (QED) is 0.455. The number of aliphatic hydroxyl groups is 1. The van der Waals surface area contributed by atoms with Crippen molar-refractivity contribution < 1.29 is 18.3 Å². The van der Waals surface area contributed by atoms with Crippen molar-refractivity contribution in [3.8, 4) is 6.07 Å². The molecule has 0 atom stereocenters. The van der Waals surface area contributed by atoms with Crippen LogP contribution in [0.5, 0.6) is 0 Å². The van der Waals surface area contributed by atoms with Gasteiger partial charge in [-0.15, -0.1) is 0 Å². The number of nitriles is 1. The van der Waals surface area contributed by atoms with Gasteiger partial charge in [-0.1, -0.05) is 0 Å². The minimum Gasteiger partial charge on any atom is -0.398 e. The predicted octanol–water partition coefficient (Wildman–Crippen LogP) is -0.572. The van der Waals surface area contributed by atoms with Crippen LogP contribution in [-0.4, -0.2) is 39.9 Å². The summed E-state index contributed by atoms with van der Waals surface area (Å²) in [7, 11) is -3.73. The van der Waals surface area contributed by atoms with E-state index in [2.05, 4.69) is 4.72 Å². The Morgan fingerprint density at radius 2 is 2.16 bits per heavy atom. The molecular weight excluding hydrogens is 270 g/mol. The molecule has 19 heavy (non-hydrogen) atoms. The number of benzene rings is 1. The topological polar surface area (TPSA) is 125 Å². The summed E-state index contributed by atoms with van der Waals surface area (Å²) >= 11 is 0. The highest BCUT2D eigenvalue weighted by molar-refractivity contribution is 7.89. The van der Waals surface area contributed by atoms with E-state index >= 15 is 0 Å². The van der Waals surface area contributed by atoms with Crippen LogP contribution >= 0.6 is 0 Å². The molecule has 0 fully saturated rings. The third-order valence-corrected chi connectivity index (χ3v) is 3.74. The normalized spacial score (nSPS) is 11.2. The summed E-state index contributed by atoms with van der Waals surface area (Å²) < 4.78 is 31.1. The number of anilines is 1. The van der Waals surface area contributed by atoms with Gasteiger partial charge in [0, 0.05) is 6.54 Å². The number of sulfonamides is 1. The van der Waals surface area contributed by atoms with E-state index in [4.69, 9.17) is 20.8 Å². The maximum absolute atomic E-state index is 11.9. The third-order valence-electron chi connectivity index (χ3n) is 2.20. The summed E-state index contributed by atoms with van der Waals surface area (Å²) in [5.74, 6) is 0. The minimum absolute atomic E-state index is 0.0165. The molecule has 104 valence electrons. The van der Waals surface area contributed by atoms with Crippen LogP contribution in [0.2, 0.25) is 0 Å². The Morgan fingerprint density at radius 3 is 2.74 bits per heavy atom. The monoisotopic (exact) mass is 285 g/mol. The molecule has 0 saturated carbocycles. The molecule has 0 aliphatic heterocycles. The molecule has 0 aliphatic rings. The van der Waals surface area contributed by atoms with Gasteiger partial charge in [0.15, 0.2) is 0 Å². The summed E-state index contributed by atoms with van der Waals surface area (Å²) in [6.45, 7) is 0.258. The number of nitrogens with one attached hydrogen (secondary N) is 1. The van der Waals surface area contributed by atoms with E-state index < -0.39 is 10.0 Å². The molecular formula is C11H15N3O4S. The number of hydrogen-bond donors (Lipinski definition) is 3. The fraction of sp³-hybridized carbons (Fsp3) is 0.364. The summed E-state index contributed by atoms with van der Waals surface area (Å²) in [6, 6.07) is 5.84. The van der Waals surface area contributed by atoms with Crippen molar-refractivity contribution in [2.24, 2.45) is 0 Å². The molecule has 0 heterocycles. The molecule has 0 aliphatic carbocycles. The lowest BCUT2D eigenvalue weighted by Gasteiger charge is -2.09. The number of nitrogens with two attached hydrogens (primary N) is 1. The maximum Gasteiger partial charge on any atom is 0.242 e. The van der Waals surface area contributed by atoms with Crippen LogP contribution in [0.1, 0.15) is 5.56 Å². The number of aliphatic hydroxyl groups excluding tert-OH is 1. The average Bonchev–Trinajstić information content (AvgIpc) is 2.37. The van der Waals surface area contributed by atoms with Gasteiger partial charge in [-0.3, -0.25) is 0 Å². The van der Waals surface area contributed by atoms with Crippen molar-refractivity contribution in [2.45, 2.75) is 4.90 Å². The van der Waals surface area contributed by atoms with Crippen molar-refractivity contribution in [1.82, 2.24) is 4.72 Å². The van der Waals surface area contributed by atoms with Crippen LogP contribution in [0.25, 0.3) is 0 Å². The lowest BCUT2D eigenvalue weighted by molar-refractivity contribution is 0.0961.